The number of amides is 1. The van der Waals surface area contributed by atoms with E-state index >= 15 is 0 Å². The molecule has 2 heterocycles. The number of carbonyl (C=O) groups excluding carboxylic acids is 1. The Balaban J connectivity index is 1.79. The van der Waals surface area contributed by atoms with Crippen LogP contribution in [0.15, 0.2) is 30.5 Å². The van der Waals surface area contributed by atoms with E-state index < -0.39 is 0 Å². The molecule has 0 spiro atoms. The SMILES string of the molecule is CNCc1ccc(-c2cnc(C3CCCCN3C(=O)C(C)SC)[nH]2)cc1. The number of piperidine rings is 1. The number of aromatic amines is 1. The number of carbonyl (C=O) groups is 1. The van der Waals surface area contributed by atoms with E-state index in [0.29, 0.717) is 0 Å². The molecule has 2 aromatic rings. The number of imidazole rings is 1. The Morgan fingerprint density at radius 1 is 1.38 bits per heavy atom. The van der Waals surface area contributed by atoms with Crippen molar-refractivity contribution in [2.24, 2.45) is 0 Å². The molecule has 1 fully saturated rings. The molecule has 140 valence electrons. The minimum atomic E-state index is -0.00949. The van der Waals surface area contributed by atoms with E-state index in [1.807, 2.05) is 31.3 Å². The zero-order valence-corrected chi connectivity index (χ0v) is 16.6. The second kappa shape index (κ2) is 8.73. The van der Waals surface area contributed by atoms with E-state index in [1.165, 1.54) is 5.56 Å². The van der Waals surface area contributed by atoms with Crippen molar-refractivity contribution in [3.63, 3.8) is 0 Å². The standard InChI is InChI=1S/C20H28N4OS/c1-14(26-3)20(25)24-11-5-4-6-18(24)19-22-13-17(23-19)16-9-7-15(8-10-16)12-21-2/h7-10,13-14,18,21H,4-6,11-12H2,1-3H3,(H,22,23). The number of benzene rings is 1. The van der Waals surface area contributed by atoms with Gasteiger partial charge in [0.2, 0.25) is 5.91 Å². The van der Waals surface area contributed by atoms with Crippen LogP contribution in [0.4, 0.5) is 0 Å². The van der Waals surface area contributed by atoms with Crippen LogP contribution in [-0.4, -0.2) is 45.9 Å². The maximum atomic E-state index is 12.7. The molecule has 26 heavy (non-hydrogen) atoms. The fourth-order valence-corrected chi connectivity index (χ4v) is 3.81. The molecule has 1 aliphatic heterocycles. The third kappa shape index (κ3) is 4.13. The Morgan fingerprint density at radius 2 is 2.15 bits per heavy atom. The first-order valence-electron chi connectivity index (χ1n) is 9.26. The van der Waals surface area contributed by atoms with Gasteiger partial charge in [-0.25, -0.2) is 4.98 Å². The Morgan fingerprint density at radius 3 is 2.85 bits per heavy atom. The highest BCUT2D eigenvalue weighted by molar-refractivity contribution is 7.99. The summed E-state index contributed by atoms with van der Waals surface area (Å²) in [6, 6.07) is 8.54. The van der Waals surface area contributed by atoms with Gasteiger partial charge in [0.1, 0.15) is 5.82 Å². The fourth-order valence-electron chi connectivity index (χ4n) is 3.47. The molecule has 5 nitrogen and oxygen atoms in total. The van der Waals surface area contributed by atoms with Gasteiger partial charge in [-0.1, -0.05) is 24.3 Å². The van der Waals surface area contributed by atoms with Gasteiger partial charge in [0.25, 0.3) is 0 Å². The number of hydrogen-bond donors (Lipinski definition) is 2. The van der Waals surface area contributed by atoms with Crippen LogP contribution in [0.5, 0.6) is 0 Å². The number of hydrogen-bond acceptors (Lipinski definition) is 4. The summed E-state index contributed by atoms with van der Waals surface area (Å²) in [5.41, 5.74) is 3.38. The topological polar surface area (TPSA) is 61.0 Å². The quantitative estimate of drug-likeness (QED) is 0.813. The smallest absolute Gasteiger partial charge is 0.236 e. The summed E-state index contributed by atoms with van der Waals surface area (Å²) in [6.07, 6.45) is 7.06. The zero-order valence-electron chi connectivity index (χ0n) is 15.8. The first kappa shape index (κ1) is 19.0. The Hall–Kier alpha value is -1.79. The summed E-state index contributed by atoms with van der Waals surface area (Å²) in [5.74, 6) is 1.12. The maximum absolute atomic E-state index is 12.7. The molecule has 0 radical (unpaired) electrons. The molecular weight excluding hydrogens is 344 g/mol. The van der Waals surface area contributed by atoms with Crippen LogP contribution in [0.25, 0.3) is 11.3 Å². The van der Waals surface area contributed by atoms with Crippen LogP contribution in [0.2, 0.25) is 0 Å². The summed E-state index contributed by atoms with van der Waals surface area (Å²) >= 11 is 1.60. The summed E-state index contributed by atoms with van der Waals surface area (Å²) < 4.78 is 0. The molecule has 1 aromatic carbocycles. The average Bonchev–Trinajstić information content (AvgIpc) is 3.17. The van der Waals surface area contributed by atoms with Crippen LogP contribution in [0, 0.1) is 0 Å². The number of nitrogens with one attached hydrogen (secondary N) is 2. The van der Waals surface area contributed by atoms with Crippen LogP contribution < -0.4 is 5.32 Å². The molecule has 1 aliphatic rings. The lowest BCUT2D eigenvalue weighted by Gasteiger charge is -2.36. The summed E-state index contributed by atoms with van der Waals surface area (Å²) in [5, 5.41) is 3.15. The van der Waals surface area contributed by atoms with E-state index in [9.17, 15) is 4.79 Å². The molecule has 1 amide bonds. The average molecular weight is 373 g/mol. The van der Waals surface area contributed by atoms with Gasteiger partial charge in [0.05, 0.1) is 23.2 Å². The number of thioether (sulfide) groups is 1. The minimum Gasteiger partial charge on any atom is -0.340 e. The molecule has 2 atom stereocenters. The highest BCUT2D eigenvalue weighted by atomic mass is 32.2. The molecule has 2 N–H and O–H groups in total. The second-order valence-electron chi connectivity index (χ2n) is 6.83. The number of H-pyrrole nitrogens is 1. The second-order valence-corrected chi connectivity index (χ2v) is 8.01. The van der Waals surface area contributed by atoms with Crippen molar-refractivity contribution >= 4 is 17.7 Å². The predicted octanol–water partition coefficient (Wildman–Crippen LogP) is 3.60. The van der Waals surface area contributed by atoms with Gasteiger partial charge in [-0.05, 0) is 50.6 Å². The predicted molar refractivity (Wildman–Crippen MR) is 108 cm³/mol. The molecular formula is C20H28N4OS. The third-order valence-electron chi connectivity index (χ3n) is 5.04. The van der Waals surface area contributed by atoms with Gasteiger partial charge in [0, 0.05) is 13.1 Å². The molecule has 3 rings (SSSR count). The van der Waals surface area contributed by atoms with Crippen LogP contribution >= 0.6 is 11.8 Å². The Labute approximate surface area is 160 Å². The zero-order chi connectivity index (χ0) is 18.5. The third-order valence-corrected chi connectivity index (χ3v) is 5.95. The number of aromatic nitrogens is 2. The Bertz CT molecular complexity index is 728. The normalized spacial score (nSPS) is 18.7. The molecule has 2 unspecified atom stereocenters. The fraction of sp³-hybridized carbons (Fsp3) is 0.500. The van der Waals surface area contributed by atoms with E-state index in [-0.39, 0.29) is 17.2 Å². The molecule has 1 saturated heterocycles. The van der Waals surface area contributed by atoms with Crippen molar-refractivity contribution in [2.75, 3.05) is 19.8 Å². The van der Waals surface area contributed by atoms with Crippen molar-refractivity contribution in [3.05, 3.63) is 41.9 Å². The van der Waals surface area contributed by atoms with Gasteiger partial charge in [0.15, 0.2) is 0 Å². The van der Waals surface area contributed by atoms with Crippen molar-refractivity contribution < 1.29 is 4.79 Å². The molecule has 6 heteroatoms. The van der Waals surface area contributed by atoms with Gasteiger partial charge in [-0.2, -0.15) is 11.8 Å². The Kier molecular flexibility index (Phi) is 6.38. The van der Waals surface area contributed by atoms with Gasteiger partial charge < -0.3 is 15.2 Å². The maximum Gasteiger partial charge on any atom is 0.236 e. The van der Waals surface area contributed by atoms with Gasteiger partial charge >= 0.3 is 0 Å². The van der Waals surface area contributed by atoms with E-state index in [1.54, 1.807) is 11.8 Å². The lowest BCUT2D eigenvalue weighted by atomic mass is 10.0. The van der Waals surface area contributed by atoms with E-state index in [0.717, 1.165) is 49.4 Å². The highest BCUT2D eigenvalue weighted by Crippen LogP contribution is 2.32. The van der Waals surface area contributed by atoms with Gasteiger partial charge in [-0.15, -0.1) is 0 Å². The summed E-state index contributed by atoms with van der Waals surface area (Å²) in [7, 11) is 1.95. The minimum absolute atomic E-state index is 0.00949. The largest absolute Gasteiger partial charge is 0.340 e. The van der Waals surface area contributed by atoms with Crippen molar-refractivity contribution in [1.82, 2.24) is 20.2 Å². The molecule has 0 bridgehead atoms. The lowest BCUT2D eigenvalue weighted by Crippen LogP contribution is -2.42. The van der Waals surface area contributed by atoms with Crippen LogP contribution in [0.1, 0.15) is 43.6 Å². The van der Waals surface area contributed by atoms with Crippen molar-refractivity contribution in [1.29, 1.82) is 0 Å². The monoisotopic (exact) mass is 372 g/mol. The first-order chi connectivity index (χ1) is 12.6. The molecule has 1 aromatic heterocycles. The molecule has 0 aliphatic carbocycles. The summed E-state index contributed by atoms with van der Waals surface area (Å²) in [4.78, 5) is 22.9. The molecule has 0 saturated carbocycles. The number of likely N-dealkylation sites (tertiary alicyclic amines) is 1. The van der Waals surface area contributed by atoms with E-state index in [4.69, 9.17) is 0 Å². The lowest BCUT2D eigenvalue weighted by molar-refractivity contribution is -0.134. The van der Waals surface area contributed by atoms with Crippen LogP contribution in [0.3, 0.4) is 0 Å². The van der Waals surface area contributed by atoms with Crippen LogP contribution in [-0.2, 0) is 11.3 Å². The number of rotatable bonds is 6. The van der Waals surface area contributed by atoms with E-state index in [2.05, 4.69) is 39.6 Å². The van der Waals surface area contributed by atoms with Crippen molar-refractivity contribution in [2.45, 2.75) is 44.0 Å². The number of nitrogens with zero attached hydrogens (tertiary/aromatic N) is 2. The van der Waals surface area contributed by atoms with Gasteiger partial charge in [-0.3, -0.25) is 4.79 Å². The highest BCUT2D eigenvalue weighted by Gasteiger charge is 2.32. The first-order valence-corrected chi connectivity index (χ1v) is 10.5. The van der Waals surface area contributed by atoms with Crippen molar-refractivity contribution in [3.8, 4) is 11.3 Å². The summed E-state index contributed by atoms with van der Waals surface area (Å²) in [6.45, 7) is 3.67.